The van der Waals surface area contributed by atoms with Crippen LogP contribution in [0.5, 0.6) is 0 Å². The minimum atomic E-state index is -0.849. The summed E-state index contributed by atoms with van der Waals surface area (Å²) in [6.45, 7) is 7.10. The van der Waals surface area contributed by atoms with Gasteiger partial charge in [-0.3, -0.25) is 4.79 Å². The van der Waals surface area contributed by atoms with Crippen LogP contribution in [0.25, 0.3) is 0 Å². The summed E-state index contributed by atoms with van der Waals surface area (Å²) in [4.78, 5) is 22.0. The summed E-state index contributed by atoms with van der Waals surface area (Å²) in [5, 5.41) is 3.45. The minimum absolute atomic E-state index is 0.0136. The van der Waals surface area contributed by atoms with Gasteiger partial charge in [-0.15, -0.1) is 0 Å². The lowest BCUT2D eigenvalue weighted by molar-refractivity contribution is 0.0990. The lowest BCUT2D eigenvalue weighted by atomic mass is 10.1. The molecule has 27 heavy (non-hydrogen) atoms. The molecular weight excluding hydrogens is 352 g/mol. The Morgan fingerprint density at radius 2 is 2.04 bits per heavy atom. The second-order valence-corrected chi connectivity index (χ2v) is 6.94. The third kappa shape index (κ3) is 4.05. The van der Waals surface area contributed by atoms with Crippen molar-refractivity contribution in [2.75, 3.05) is 18.0 Å². The highest BCUT2D eigenvalue weighted by atomic mass is 19.2. The first kappa shape index (κ1) is 19.2. The van der Waals surface area contributed by atoms with Gasteiger partial charge in [0.05, 0.1) is 0 Å². The first-order valence-electron chi connectivity index (χ1n) is 8.87. The van der Waals surface area contributed by atoms with Gasteiger partial charge in [-0.25, -0.2) is 18.7 Å². The van der Waals surface area contributed by atoms with Gasteiger partial charge in [-0.1, -0.05) is 6.07 Å². The van der Waals surface area contributed by atoms with Gasteiger partial charge >= 0.3 is 0 Å². The highest BCUT2D eigenvalue weighted by molar-refractivity contribution is 5.89. The number of carbonyl (C=O) groups is 1. The second-order valence-electron chi connectivity index (χ2n) is 6.94. The Morgan fingerprint density at radius 3 is 2.70 bits per heavy atom. The van der Waals surface area contributed by atoms with E-state index in [2.05, 4.69) is 20.2 Å². The Morgan fingerprint density at radius 1 is 1.30 bits per heavy atom. The molecular formula is C19H23F2N5O. The van der Waals surface area contributed by atoms with E-state index in [0.717, 1.165) is 30.3 Å². The Hall–Kier alpha value is -2.61. The summed E-state index contributed by atoms with van der Waals surface area (Å²) in [6.07, 6.45) is 0.864. The predicted molar refractivity (Wildman–Crippen MR) is 98.6 cm³/mol. The zero-order chi connectivity index (χ0) is 19.7. The lowest BCUT2D eigenvalue weighted by Crippen LogP contribution is -2.35. The summed E-state index contributed by atoms with van der Waals surface area (Å²) >= 11 is 0. The smallest absolute Gasteiger partial charge is 0.286 e. The van der Waals surface area contributed by atoms with Crippen molar-refractivity contribution >= 4 is 11.7 Å². The van der Waals surface area contributed by atoms with Gasteiger partial charge in [-0.2, -0.15) is 0 Å². The van der Waals surface area contributed by atoms with Crippen LogP contribution in [-0.4, -0.2) is 35.0 Å². The van der Waals surface area contributed by atoms with Crippen molar-refractivity contribution in [3.63, 3.8) is 0 Å². The molecule has 1 aliphatic heterocycles. The topological polar surface area (TPSA) is 84.1 Å². The van der Waals surface area contributed by atoms with Gasteiger partial charge in [0.15, 0.2) is 11.6 Å². The lowest BCUT2D eigenvalue weighted by Gasteiger charge is -2.23. The molecule has 1 amide bonds. The van der Waals surface area contributed by atoms with Crippen molar-refractivity contribution in [3.8, 4) is 0 Å². The third-order valence-corrected chi connectivity index (χ3v) is 5.00. The molecule has 1 fully saturated rings. The number of anilines is 1. The Labute approximate surface area is 156 Å². The number of amides is 1. The number of nitrogens with one attached hydrogen (secondary N) is 1. The first-order chi connectivity index (χ1) is 12.8. The van der Waals surface area contributed by atoms with Crippen molar-refractivity contribution in [2.24, 2.45) is 5.73 Å². The molecule has 8 heteroatoms. The fourth-order valence-electron chi connectivity index (χ4n) is 3.35. The molecule has 2 heterocycles. The summed E-state index contributed by atoms with van der Waals surface area (Å²) in [6, 6.07) is 3.97. The molecule has 1 aliphatic rings. The number of rotatable bonds is 5. The number of aryl methyl sites for hydroxylation is 1. The molecule has 0 radical (unpaired) electrons. The van der Waals surface area contributed by atoms with Crippen molar-refractivity contribution in [1.82, 2.24) is 15.3 Å². The van der Waals surface area contributed by atoms with Crippen molar-refractivity contribution in [2.45, 2.75) is 39.3 Å². The van der Waals surface area contributed by atoms with Crippen molar-refractivity contribution in [3.05, 3.63) is 52.5 Å². The molecule has 1 aromatic carbocycles. The Bertz CT molecular complexity index is 873. The molecule has 2 atom stereocenters. The maximum Gasteiger partial charge on any atom is 0.286 e. The maximum atomic E-state index is 13.5. The van der Waals surface area contributed by atoms with Crippen LogP contribution >= 0.6 is 0 Å². The molecule has 1 aromatic heterocycles. The normalized spacial score (nSPS) is 18.0. The predicted octanol–water partition coefficient (Wildman–Crippen LogP) is 2.40. The number of aromatic nitrogens is 2. The molecule has 0 aliphatic carbocycles. The average Bonchev–Trinajstić information content (AvgIpc) is 3.07. The van der Waals surface area contributed by atoms with Gasteiger partial charge < -0.3 is 16.0 Å². The summed E-state index contributed by atoms with van der Waals surface area (Å²) in [5.41, 5.74) is 7.65. The van der Waals surface area contributed by atoms with E-state index in [-0.39, 0.29) is 17.9 Å². The number of carbonyl (C=O) groups excluding carboxylic acids is 1. The maximum absolute atomic E-state index is 13.5. The minimum Gasteiger partial charge on any atom is -0.363 e. The van der Waals surface area contributed by atoms with Crippen molar-refractivity contribution < 1.29 is 13.6 Å². The molecule has 3 rings (SSSR count). The average molecular weight is 375 g/mol. The van der Waals surface area contributed by atoms with Crippen LogP contribution in [0.15, 0.2) is 18.2 Å². The van der Waals surface area contributed by atoms with Gasteiger partial charge in [0, 0.05) is 36.4 Å². The monoisotopic (exact) mass is 375 g/mol. The van der Waals surface area contributed by atoms with E-state index in [1.807, 2.05) is 20.8 Å². The summed E-state index contributed by atoms with van der Waals surface area (Å²) in [5.74, 6) is -1.63. The van der Waals surface area contributed by atoms with Crippen LogP contribution in [0.2, 0.25) is 0 Å². The number of nitrogens with zero attached hydrogens (tertiary/aromatic N) is 3. The van der Waals surface area contributed by atoms with E-state index < -0.39 is 17.5 Å². The molecule has 144 valence electrons. The standard InChI is InChI=1S/C19H23F2N5O/c1-10-11(2)24-18(17(22)27)25-19(10)26-7-6-14(9-26)23-12(3)13-4-5-15(20)16(21)8-13/h4-5,8,12,14,23H,6-7,9H2,1-3H3,(H2,22,27)/t12?,14-/m1/s1. The largest absolute Gasteiger partial charge is 0.363 e. The quantitative estimate of drug-likeness (QED) is 0.838. The van der Waals surface area contributed by atoms with Crippen molar-refractivity contribution in [1.29, 1.82) is 0 Å². The van der Waals surface area contributed by atoms with E-state index in [0.29, 0.717) is 17.9 Å². The molecule has 1 saturated heterocycles. The summed E-state index contributed by atoms with van der Waals surface area (Å²) in [7, 11) is 0. The van der Waals surface area contributed by atoms with E-state index in [1.54, 1.807) is 6.07 Å². The molecule has 2 aromatic rings. The highest BCUT2D eigenvalue weighted by Crippen LogP contribution is 2.25. The van der Waals surface area contributed by atoms with Gasteiger partial charge in [-0.05, 0) is 44.9 Å². The van der Waals surface area contributed by atoms with Crippen LogP contribution in [0.4, 0.5) is 14.6 Å². The first-order valence-corrected chi connectivity index (χ1v) is 8.87. The number of primary amides is 1. The third-order valence-electron chi connectivity index (χ3n) is 5.00. The van der Waals surface area contributed by atoms with Crippen LogP contribution < -0.4 is 16.0 Å². The Balaban J connectivity index is 1.72. The van der Waals surface area contributed by atoms with Crippen LogP contribution in [0, 0.1) is 25.5 Å². The van der Waals surface area contributed by atoms with Gasteiger partial charge in [0.25, 0.3) is 5.91 Å². The number of benzene rings is 1. The van der Waals surface area contributed by atoms with Gasteiger partial charge in [0.1, 0.15) is 5.82 Å². The fourth-order valence-corrected chi connectivity index (χ4v) is 3.35. The number of halogens is 2. The number of nitrogens with two attached hydrogens (primary N) is 1. The molecule has 0 spiro atoms. The highest BCUT2D eigenvalue weighted by Gasteiger charge is 2.27. The number of hydrogen-bond donors (Lipinski definition) is 2. The van der Waals surface area contributed by atoms with Crippen LogP contribution in [-0.2, 0) is 0 Å². The SMILES string of the molecule is Cc1nc(C(N)=O)nc(N2CC[C@@H](NC(C)c3ccc(F)c(F)c3)C2)c1C. The zero-order valence-corrected chi connectivity index (χ0v) is 15.6. The van der Waals surface area contributed by atoms with Gasteiger partial charge in [0.2, 0.25) is 5.82 Å². The second kappa shape index (κ2) is 7.56. The van der Waals surface area contributed by atoms with E-state index >= 15 is 0 Å². The number of hydrogen-bond acceptors (Lipinski definition) is 5. The fraction of sp³-hybridized carbons (Fsp3) is 0.421. The molecule has 3 N–H and O–H groups in total. The van der Waals surface area contributed by atoms with E-state index in [1.165, 1.54) is 6.07 Å². The molecule has 0 bridgehead atoms. The van der Waals surface area contributed by atoms with Crippen LogP contribution in [0.3, 0.4) is 0 Å². The molecule has 6 nitrogen and oxygen atoms in total. The van der Waals surface area contributed by atoms with E-state index in [4.69, 9.17) is 5.73 Å². The van der Waals surface area contributed by atoms with Crippen LogP contribution in [0.1, 0.15) is 46.8 Å². The zero-order valence-electron chi connectivity index (χ0n) is 15.6. The molecule has 1 unspecified atom stereocenters. The Kier molecular flexibility index (Phi) is 5.36. The molecule has 0 saturated carbocycles. The summed E-state index contributed by atoms with van der Waals surface area (Å²) < 4.78 is 26.6. The van der Waals surface area contributed by atoms with E-state index in [9.17, 15) is 13.6 Å².